The normalized spacial score (nSPS) is 19.0. The Morgan fingerprint density at radius 2 is 1.79 bits per heavy atom. The zero-order chi connectivity index (χ0) is 21.7. The summed E-state index contributed by atoms with van der Waals surface area (Å²) in [6.45, 7) is 6.87. The summed E-state index contributed by atoms with van der Waals surface area (Å²) >= 11 is 0. The number of sulfonamides is 1. The van der Waals surface area contributed by atoms with Gasteiger partial charge in [-0.3, -0.25) is 0 Å². The molecule has 10 heteroatoms. The van der Waals surface area contributed by atoms with E-state index in [2.05, 4.69) is 18.7 Å². The van der Waals surface area contributed by atoms with Crippen LogP contribution in [-0.4, -0.2) is 84.0 Å². The van der Waals surface area contributed by atoms with Gasteiger partial charge in [-0.25, -0.2) is 16.8 Å². The lowest BCUT2D eigenvalue weighted by Gasteiger charge is -2.29. The van der Waals surface area contributed by atoms with Crippen molar-refractivity contribution in [2.45, 2.75) is 37.6 Å². The van der Waals surface area contributed by atoms with E-state index in [1.807, 2.05) is 0 Å². The average Bonchev–Trinajstić information content (AvgIpc) is 3.06. The molecule has 0 spiro atoms. The molecule has 0 unspecified atom stereocenters. The van der Waals surface area contributed by atoms with Crippen molar-refractivity contribution in [1.82, 2.24) is 9.21 Å². The Labute approximate surface area is 174 Å². The number of ether oxygens (including phenoxy) is 2. The maximum Gasteiger partial charge on any atom is 0.247 e. The van der Waals surface area contributed by atoms with Gasteiger partial charge in [0.05, 0.1) is 25.7 Å². The topological polar surface area (TPSA) is 93.2 Å². The van der Waals surface area contributed by atoms with Gasteiger partial charge < -0.3 is 14.4 Å². The first-order valence-electron chi connectivity index (χ1n) is 9.85. The number of benzene rings is 1. The number of hydrogen-bond acceptors (Lipinski definition) is 7. The van der Waals surface area contributed by atoms with E-state index < -0.39 is 25.9 Å². The summed E-state index contributed by atoms with van der Waals surface area (Å²) in [5, 5.41) is 0. The van der Waals surface area contributed by atoms with Crippen molar-refractivity contribution in [3.05, 3.63) is 18.2 Å². The first-order chi connectivity index (χ1) is 13.7. The summed E-state index contributed by atoms with van der Waals surface area (Å²) < 4.78 is 63.0. The smallest absolute Gasteiger partial charge is 0.247 e. The van der Waals surface area contributed by atoms with Crippen molar-refractivity contribution in [3.63, 3.8) is 0 Å². The molecule has 8 nitrogen and oxygen atoms in total. The molecule has 1 fully saturated rings. The van der Waals surface area contributed by atoms with Gasteiger partial charge in [-0.05, 0) is 44.6 Å². The van der Waals surface area contributed by atoms with Crippen LogP contribution < -0.4 is 9.47 Å². The van der Waals surface area contributed by atoms with Crippen LogP contribution in [0.5, 0.6) is 11.5 Å². The van der Waals surface area contributed by atoms with E-state index in [0.717, 1.165) is 19.6 Å². The maximum atomic E-state index is 13.6. The Bertz CT molecular complexity index is 882. The van der Waals surface area contributed by atoms with Crippen LogP contribution in [-0.2, 0) is 19.9 Å². The molecular weight excluding hydrogens is 416 g/mol. The van der Waals surface area contributed by atoms with Crippen LogP contribution in [0.3, 0.4) is 0 Å². The minimum atomic E-state index is -3.98. The summed E-state index contributed by atoms with van der Waals surface area (Å²) in [7, 11) is -4.34. The molecule has 1 atom stereocenters. The third-order valence-corrected chi connectivity index (χ3v) is 9.04. The molecule has 0 N–H and O–H groups in total. The van der Waals surface area contributed by atoms with Gasteiger partial charge in [0.1, 0.15) is 16.4 Å². The highest BCUT2D eigenvalue weighted by molar-refractivity contribution is 7.92. The molecule has 2 rings (SSSR count). The van der Waals surface area contributed by atoms with Gasteiger partial charge in [-0.1, -0.05) is 13.8 Å². The Kier molecular flexibility index (Phi) is 8.33. The molecular formula is C19H32N2O6S2. The third-order valence-electron chi connectivity index (χ3n) is 5.32. The first kappa shape index (κ1) is 23.9. The molecule has 1 aliphatic heterocycles. The monoisotopic (exact) mass is 448 g/mol. The highest BCUT2D eigenvalue weighted by Gasteiger charge is 2.39. The fraction of sp³-hybridized carbons (Fsp3) is 0.684. The van der Waals surface area contributed by atoms with Crippen LogP contribution in [0.1, 0.15) is 26.7 Å². The molecule has 0 aliphatic carbocycles. The second-order valence-corrected chi connectivity index (χ2v) is 11.2. The quantitative estimate of drug-likeness (QED) is 0.508. The molecule has 0 bridgehead atoms. The van der Waals surface area contributed by atoms with E-state index in [1.54, 1.807) is 12.1 Å². The molecule has 0 saturated carbocycles. The van der Waals surface area contributed by atoms with Gasteiger partial charge in [-0.15, -0.1) is 0 Å². The van der Waals surface area contributed by atoms with Crippen LogP contribution in [0.4, 0.5) is 0 Å². The van der Waals surface area contributed by atoms with Crippen molar-refractivity contribution in [3.8, 4) is 11.5 Å². The van der Waals surface area contributed by atoms with E-state index >= 15 is 0 Å². The number of nitrogens with zero attached hydrogens (tertiary/aromatic N) is 2. The molecule has 1 aromatic rings. The van der Waals surface area contributed by atoms with Gasteiger partial charge >= 0.3 is 0 Å². The SMILES string of the molecule is CCN(CC)CCCN([C@H]1CCS(=O)(=O)C1)S(=O)(=O)c1cc(OC)ccc1OC. The average molecular weight is 449 g/mol. The zero-order valence-electron chi connectivity index (χ0n) is 17.6. The van der Waals surface area contributed by atoms with Gasteiger partial charge in [0, 0.05) is 18.7 Å². The lowest BCUT2D eigenvalue weighted by Crippen LogP contribution is -2.42. The third kappa shape index (κ3) is 5.84. The molecule has 166 valence electrons. The Balaban J connectivity index is 2.38. The van der Waals surface area contributed by atoms with Crippen molar-refractivity contribution in [2.24, 2.45) is 0 Å². The van der Waals surface area contributed by atoms with E-state index in [-0.39, 0.29) is 28.7 Å². The summed E-state index contributed by atoms with van der Waals surface area (Å²) in [6.07, 6.45) is 0.920. The van der Waals surface area contributed by atoms with Crippen molar-refractivity contribution >= 4 is 19.9 Å². The number of sulfone groups is 1. The van der Waals surface area contributed by atoms with E-state index in [0.29, 0.717) is 18.6 Å². The van der Waals surface area contributed by atoms with Crippen molar-refractivity contribution < 1.29 is 26.3 Å². The summed E-state index contributed by atoms with van der Waals surface area (Å²) in [6, 6.07) is 4.03. The zero-order valence-corrected chi connectivity index (χ0v) is 19.3. The lowest BCUT2D eigenvalue weighted by molar-refractivity contribution is 0.269. The first-order valence-corrected chi connectivity index (χ1v) is 13.1. The van der Waals surface area contributed by atoms with Crippen LogP contribution in [0.15, 0.2) is 23.1 Å². The second kappa shape index (κ2) is 10.1. The minimum Gasteiger partial charge on any atom is -0.497 e. The second-order valence-electron chi connectivity index (χ2n) is 7.07. The maximum absolute atomic E-state index is 13.6. The lowest BCUT2D eigenvalue weighted by atomic mass is 10.2. The van der Waals surface area contributed by atoms with E-state index in [9.17, 15) is 16.8 Å². The van der Waals surface area contributed by atoms with Gasteiger partial charge in [0.2, 0.25) is 10.0 Å². The molecule has 0 aromatic heterocycles. The number of hydrogen-bond donors (Lipinski definition) is 0. The highest BCUT2D eigenvalue weighted by Crippen LogP contribution is 2.33. The van der Waals surface area contributed by atoms with Crippen LogP contribution in [0.2, 0.25) is 0 Å². The van der Waals surface area contributed by atoms with Gasteiger partial charge in [0.25, 0.3) is 0 Å². The largest absolute Gasteiger partial charge is 0.497 e. The van der Waals surface area contributed by atoms with Gasteiger partial charge in [-0.2, -0.15) is 4.31 Å². The van der Waals surface area contributed by atoms with E-state index in [1.165, 1.54) is 24.6 Å². The highest BCUT2D eigenvalue weighted by atomic mass is 32.2. The van der Waals surface area contributed by atoms with Crippen LogP contribution in [0, 0.1) is 0 Å². The molecule has 1 saturated heterocycles. The summed E-state index contributed by atoms with van der Waals surface area (Å²) in [5.41, 5.74) is 0. The molecule has 0 amide bonds. The summed E-state index contributed by atoms with van der Waals surface area (Å²) in [5.74, 6) is 0.463. The Hall–Kier alpha value is -1.36. The predicted molar refractivity (Wildman–Crippen MR) is 113 cm³/mol. The standard InChI is InChI=1S/C19H32N2O6S2/c1-5-20(6-2)11-7-12-21(16-10-13-28(22,23)15-16)29(24,25)19-14-17(26-3)8-9-18(19)27-4/h8-9,14,16H,5-7,10-13,15H2,1-4H3/t16-/m0/s1. The van der Waals surface area contributed by atoms with Crippen LogP contribution >= 0.6 is 0 Å². The van der Waals surface area contributed by atoms with Crippen LogP contribution in [0.25, 0.3) is 0 Å². The number of rotatable bonds is 11. The molecule has 1 heterocycles. The Morgan fingerprint density at radius 1 is 1.10 bits per heavy atom. The minimum absolute atomic E-state index is 0.00788. The molecule has 29 heavy (non-hydrogen) atoms. The van der Waals surface area contributed by atoms with Gasteiger partial charge in [0.15, 0.2) is 9.84 Å². The van der Waals surface area contributed by atoms with E-state index in [4.69, 9.17) is 9.47 Å². The Morgan fingerprint density at radius 3 is 2.31 bits per heavy atom. The fourth-order valence-electron chi connectivity index (χ4n) is 3.60. The fourth-order valence-corrected chi connectivity index (χ4v) is 7.29. The molecule has 0 radical (unpaired) electrons. The molecule has 1 aromatic carbocycles. The summed E-state index contributed by atoms with van der Waals surface area (Å²) in [4.78, 5) is 2.20. The predicted octanol–water partition coefficient (Wildman–Crippen LogP) is 1.61. The number of methoxy groups -OCH3 is 2. The van der Waals surface area contributed by atoms with Crippen molar-refractivity contribution in [2.75, 3.05) is 51.9 Å². The van der Waals surface area contributed by atoms with Crippen molar-refractivity contribution in [1.29, 1.82) is 0 Å². The molecule has 1 aliphatic rings.